The quantitative estimate of drug-likeness (QED) is 0.459. The van der Waals surface area contributed by atoms with Gasteiger partial charge in [0.25, 0.3) is 5.91 Å². The van der Waals surface area contributed by atoms with Crippen LogP contribution in [-0.2, 0) is 13.0 Å². The second-order valence-corrected chi connectivity index (χ2v) is 7.83. The normalized spacial score (nSPS) is 13.1. The molecule has 1 aliphatic heterocycles. The Bertz CT molecular complexity index is 1190. The molecule has 0 radical (unpaired) electrons. The van der Waals surface area contributed by atoms with Crippen molar-refractivity contribution in [2.45, 2.75) is 19.4 Å². The highest BCUT2D eigenvalue weighted by Crippen LogP contribution is 2.28. The molecular weight excluding hydrogens is 368 g/mol. The van der Waals surface area contributed by atoms with E-state index < -0.39 is 0 Å². The number of carbonyl (C=O) groups is 1. The standard InChI is InChI=1S/C27H24N2O/c30-27(28-25-12-5-9-21-7-1-3-11-24(21)25)23-16-14-20(15-17-23)19-29-18-6-10-22-8-2-4-13-26(22)29/h1-5,7-9,11-17H,6,10,18-19H2,(H,28,30). The maximum atomic E-state index is 12.8. The largest absolute Gasteiger partial charge is 0.367 e. The first-order chi connectivity index (χ1) is 14.8. The highest BCUT2D eigenvalue weighted by molar-refractivity contribution is 6.09. The maximum absolute atomic E-state index is 12.8. The summed E-state index contributed by atoms with van der Waals surface area (Å²) in [6.07, 6.45) is 2.34. The van der Waals surface area contributed by atoms with E-state index in [4.69, 9.17) is 0 Å². The van der Waals surface area contributed by atoms with Crippen LogP contribution >= 0.6 is 0 Å². The van der Waals surface area contributed by atoms with Gasteiger partial charge in [-0.3, -0.25) is 4.79 Å². The molecule has 0 aliphatic carbocycles. The Hall–Kier alpha value is -3.59. The lowest BCUT2D eigenvalue weighted by atomic mass is 10.0. The monoisotopic (exact) mass is 392 g/mol. The Balaban J connectivity index is 1.31. The summed E-state index contributed by atoms with van der Waals surface area (Å²) in [4.78, 5) is 15.2. The number of fused-ring (bicyclic) bond motifs is 2. The van der Waals surface area contributed by atoms with E-state index in [2.05, 4.69) is 58.7 Å². The minimum Gasteiger partial charge on any atom is -0.367 e. The van der Waals surface area contributed by atoms with Gasteiger partial charge in [0, 0.05) is 35.4 Å². The van der Waals surface area contributed by atoms with E-state index in [1.165, 1.54) is 23.2 Å². The first-order valence-corrected chi connectivity index (χ1v) is 10.5. The lowest BCUT2D eigenvalue weighted by Crippen LogP contribution is -2.28. The fourth-order valence-corrected chi connectivity index (χ4v) is 4.29. The van der Waals surface area contributed by atoms with Gasteiger partial charge in [-0.05, 0) is 53.6 Å². The van der Waals surface area contributed by atoms with Gasteiger partial charge in [0.05, 0.1) is 0 Å². The first kappa shape index (κ1) is 18.4. The summed E-state index contributed by atoms with van der Waals surface area (Å²) in [6, 6.07) is 30.7. The number of nitrogens with one attached hydrogen (secondary N) is 1. The molecule has 0 saturated heterocycles. The number of benzene rings is 4. The number of amides is 1. The molecule has 1 N–H and O–H groups in total. The van der Waals surface area contributed by atoms with Crippen LogP contribution in [-0.4, -0.2) is 12.5 Å². The highest BCUT2D eigenvalue weighted by atomic mass is 16.1. The summed E-state index contributed by atoms with van der Waals surface area (Å²) in [6.45, 7) is 1.93. The number of carbonyl (C=O) groups excluding carboxylic acids is 1. The average Bonchev–Trinajstić information content (AvgIpc) is 2.80. The molecule has 0 fully saturated rings. The number of hydrogen-bond donors (Lipinski definition) is 1. The van der Waals surface area contributed by atoms with Crippen molar-refractivity contribution < 1.29 is 4.79 Å². The van der Waals surface area contributed by atoms with Crippen molar-refractivity contribution in [2.75, 3.05) is 16.8 Å². The Labute approximate surface area is 177 Å². The van der Waals surface area contributed by atoms with Crippen molar-refractivity contribution in [3.05, 3.63) is 108 Å². The van der Waals surface area contributed by atoms with Crippen LogP contribution in [0.3, 0.4) is 0 Å². The molecule has 1 heterocycles. The molecule has 0 spiro atoms. The number of anilines is 2. The van der Waals surface area contributed by atoms with Crippen molar-refractivity contribution in [1.82, 2.24) is 0 Å². The summed E-state index contributed by atoms with van der Waals surface area (Å²) >= 11 is 0. The molecular formula is C27H24N2O. The van der Waals surface area contributed by atoms with E-state index in [-0.39, 0.29) is 5.91 Å². The van der Waals surface area contributed by atoms with Crippen LogP contribution in [0.4, 0.5) is 11.4 Å². The van der Waals surface area contributed by atoms with E-state index in [1.54, 1.807) is 0 Å². The number of hydrogen-bond acceptors (Lipinski definition) is 2. The van der Waals surface area contributed by atoms with E-state index in [9.17, 15) is 4.79 Å². The van der Waals surface area contributed by atoms with Crippen LogP contribution < -0.4 is 10.2 Å². The average molecular weight is 393 g/mol. The van der Waals surface area contributed by atoms with E-state index in [1.807, 2.05) is 42.5 Å². The first-order valence-electron chi connectivity index (χ1n) is 10.5. The van der Waals surface area contributed by atoms with Gasteiger partial charge >= 0.3 is 0 Å². The van der Waals surface area contributed by atoms with Gasteiger partial charge in [0.2, 0.25) is 0 Å². The third-order valence-electron chi connectivity index (χ3n) is 5.83. The Morgan fingerprint density at radius 2 is 1.60 bits per heavy atom. The third-order valence-corrected chi connectivity index (χ3v) is 5.83. The van der Waals surface area contributed by atoms with E-state index >= 15 is 0 Å². The van der Waals surface area contributed by atoms with Gasteiger partial charge in [-0.1, -0.05) is 66.7 Å². The van der Waals surface area contributed by atoms with Crippen LogP contribution in [0, 0.1) is 0 Å². The molecule has 5 rings (SSSR count). The van der Waals surface area contributed by atoms with Gasteiger partial charge in [-0.15, -0.1) is 0 Å². The van der Waals surface area contributed by atoms with E-state index in [0.717, 1.165) is 36.0 Å². The van der Waals surface area contributed by atoms with Crippen molar-refractivity contribution in [1.29, 1.82) is 0 Å². The minimum atomic E-state index is -0.0822. The molecule has 0 saturated carbocycles. The van der Waals surface area contributed by atoms with Gasteiger partial charge in [-0.25, -0.2) is 0 Å². The van der Waals surface area contributed by atoms with Gasteiger partial charge in [0.1, 0.15) is 0 Å². The molecule has 0 aromatic heterocycles. The van der Waals surface area contributed by atoms with Gasteiger partial charge in [0.15, 0.2) is 0 Å². The summed E-state index contributed by atoms with van der Waals surface area (Å²) in [7, 11) is 0. The predicted molar refractivity (Wildman–Crippen MR) is 124 cm³/mol. The van der Waals surface area contributed by atoms with Crippen molar-refractivity contribution >= 4 is 28.1 Å². The van der Waals surface area contributed by atoms with Crippen LogP contribution in [0.2, 0.25) is 0 Å². The zero-order valence-corrected chi connectivity index (χ0v) is 16.8. The highest BCUT2D eigenvalue weighted by Gasteiger charge is 2.16. The number of nitrogens with zero attached hydrogens (tertiary/aromatic N) is 1. The predicted octanol–water partition coefficient (Wildman–Crippen LogP) is 6.04. The lowest BCUT2D eigenvalue weighted by molar-refractivity contribution is 0.102. The molecule has 0 atom stereocenters. The number of aryl methyl sites for hydroxylation is 1. The van der Waals surface area contributed by atoms with Crippen molar-refractivity contribution in [2.24, 2.45) is 0 Å². The smallest absolute Gasteiger partial charge is 0.255 e. The fourth-order valence-electron chi connectivity index (χ4n) is 4.29. The lowest BCUT2D eigenvalue weighted by Gasteiger charge is -2.31. The Morgan fingerprint density at radius 1 is 0.833 bits per heavy atom. The maximum Gasteiger partial charge on any atom is 0.255 e. The molecule has 4 aromatic rings. The van der Waals surface area contributed by atoms with Crippen LogP contribution in [0.15, 0.2) is 91.0 Å². The Kier molecular flexibility index (Phi) is 4.94. The molecule has 148 valence electrons. The topological polar surface area (TPSA) is 32.3 Å². The summed E-state index contributed by atoms with van der Waals surface area (Å²) in [5.74, 6) is -0.0822. The number of para-hydroxylation sites is 1. The van der Waals surface area contributed by atoms with Gasteiger partial charge < -0.3 is 10.2 Å². The summed E-state index contributed by atoms with van der Waals surface area (Å²) < 4.78 is 0. The SMILES string of the molecule is O=C(Nc1cccc2ccccc12)c1ccc(CN2CCCc3ccccc32)cc1. The summed E-state index contributed by atoms with van der Waals surface area (Å²) in [5, 5.41) is 5.23. The Morgan fingerprint density at radius 3 is 2.50 bits per heavy atom. The zero-order valence-electron chi connectivity index (χ0n) is 16.8. The van der Waals surface area contributed by atoms with Crippen LogP contribution in [0.1, 0.15) is 27.9 Å². The molecule has 3 nitrogen and oxygen atoms in total. The van der Waals surface area contributed by atoms with Gasteiger partial charge in [-0.2, -0.15) is 0 Å². The fraction of sp³-hybridized carbons (Fsp3) is 0.148. The molecule has 30 heavy (non-hydrogen) atoms. The molecule has 1 amide bonds. The van der Waals surface area contributed by atoms with Crippen LogP contribution in [0.25, 0.3) is 10.8 Å². The van der Waals surface area contributed by atoms with E-state index in [0.29, 0.717) is 5.56 Å². The van der Waals surface area contributed by atoms with Crippen LogP contribution in [0.5, 0.6) is 0 Å². The summed E-state index contributed by atoms with van der Waals surface area (Å²) in [5.41, 5.74) is 5.49. The third kappa shape index (κ3) is 3.67. The zero-order chi connectivity index (χ0) is 20.3. The number of rotatable bonds is 4. The molecule has 0 bridgehead atoms. The molecule has 3 heteroatoms. The minimum absolute atomic E-state index is 0.0822. The molecule has 0 unspecified atom stereocenters. The second kappa shape index (κ2) is 8.03. The molecule has 4 aromatic carbocycles. The van der Waals surface area contributed by atoms with Crippen molar-refractivity contribution in [3.63, 3.8) is 0 Å². The van der Waals surface area contributed by atoms with Crippen molar-refractivity contribution in [3.8, 4) is 0 Å². The molecule has 1 aliphatic rings. The second-order valence-electron chi connectivity index (χ2n) is 7.83.